The van der Waals surface area contributed by atoms with Crippen molar-refractivity contribution in [3.63, 3.8) is 0 Å². The average molecular weight is 446 g/mol. The minimum absolute atomic E-state index is 0.251. The van der Waals surface area contributed by atoms with Gasteiger partial charge >= 0.3 is 6.18 Å². The van der Waals surface area contributed by atoms with Gasteiger partial charge in [0.25, 0.3) is 0 Å². The van der Waals surface area contributed by atoms with Crippen molar-refractivity contribution in [2.45, 2.75) is 18.0 Å². The molecule has 0 spiro atoms. The van der Waals surface area contributed by atoms with Crippen molar-refractivity contribution >= 4 is 23.1 Å². The molecule has 4 aromatic rings. The SMILES string of the molecule is CCSc1ccc(-c2ncccn2)nc1-c1nnc(-c2cncc(C(F)(F)F)c2)s1. The number of nitrogens with zero attached hydrogens (tertiary/aromatic N) is 6. The summed E-state index contributed by atoms with van der Waals surface area (Å²) >= 11 is 2.74. The average Bonchev–Trinajstić information content (AvgIpc) is 3.24. The predicted octanol–water partition coefficient (Wildman–Crippen LogP) is 5.25. The number of thioether (sulfide) groups is 1. The molecule has 0 N–H and O–H groups in total. The van der Waals surface area contributed by atoms with E-state index < -0.39 is 11.7 Å². The van der Waals surface area contributed by atoms with Crippen LogP contribution in [0.5, 0.6) is 0 Å². The van der Waals surface area contributed by atoms with E-state index in [1.165, 1.54) is 6.20 Å². The molecule has 0 aromatic carbocycles. The van der Waals surface area contributed by atoms with Crippen LogP contribution in [0.2, 0.25) is 0 Å². The first kappa shape index (κ1) is 20.4. The minimum atomic E-state index is -4.48. The third kappa shape index (κ3) is 4.31. The van der Waals surface area contributed by atoms with Gasteiger partial charge in [0.05, 0.1) is 5.56 Å². The van der Waals surface area contributed by atoms with Crippen LogP contribution < -0.4 is 0 Å². The summed E-state index contributed by atoms with van der Waals surface area (Å²) in [6, 6.07) is 6.47. The monoisotopic (exact) mass is 446 g/mol. The highest BCUT2D eigenvalue weighted by molar-refractivity contribution is 7.99. The van der Waals surface area contributed by atoms with E-state index >= 15 is 0 Å². The summed E-state index contributed by atoms with van der Waals surface area (Å²) in [7, 11) is 0. The Kier molecular flexibility index (Phi) is 5.73. The van der Waals surface area contributed by atoms with Gasteiger partial charge in [0, 0.05) is 35.2 Å². The highest BCUT2D eigenvalue weighted by Crippen LogP contribution is 2.37. The maximum Gasteiger partial charge on any atom is 0.417 e. The van der Waals surface area contributed by atoms with Gasteiger partial charge < -0.3 is 0 Å². The Hall–Kier alpha value is -2.92. The topological polar surface area (TPSA) is 77.3 Å². The lowest BCUT2D eigenvalue weighted by molar-refractivity contribution is -0.137. The normalized spacial score (nSPS) is 11.6. The molecule has 11 heteroatoms. The van der Waals surface area contributed by atoms with Crippen molar-refractivity contribution in [3.05, 3.63) is 54.6 Å². The molecule has 0 aliphatic carbocycles. The molecule has 152 valence electrons. The van der Waals surface area contributed by atoms with Crippen LogP contribution in [-0.4, -0.2) is 35.9 Å². The Balaban J connectivity index is 1.75. The van der Waals surface area contributed by atoms with E-state index in [0.717, 1.165) is 34.2 Å². The maximum absolute atomic E-state index is 13.0. The molecule has 0 radical (unpaired) electrons. The van der Waals surface area contributed by atoms with Gasteiger partial charge in [-0.2, -0.15) is 13.2 Å². The highest BCUT2D eigenvalue weighted by atomic mass is 32.2. The van der Waals surface area contributed by atoms with E-state index in [-0.39, 0.29) is 5.56 Å². The van der Waals surface area contributed by atoms with Crippen LogP contribution in [-0.2, 0) is 6.18 Å². The first-order chi connectivity index (χ1) is 14.5. The predicted molar refractivity (Wildman–Crippen MR) is 109 cm³/mol. The summed E-state index contributed by atoms with van der Waals surface area (Å²) in [5.74, 6) is 1.29. The van der Waals surface area contributed by atoms with Crippen molar-refractivity contribution in [1.29, 1.82) is 0 Å². The van der Waals surface area contributed by atoms with Gasteiger partial charge in [0.15, 0.2) is 10.8 Å². The summed E-state index contributed by atoms with van der Waals surface area (Å²) in [6.07, 6.45) is 0.895. The van der Waals surface area contributed by atoms with E-state index in [1.807, 2.05) is 19.1 Å². The Morgan fingerprint density at radius 1 is 1.03 bits per heavy atom. The summed E-state index contributed by atoms with van der Waals surface area (Å²) in [4.78, 5) is 17.7. The summed E-state index contributed by atoms with van der Waals surface area (Å²) in [6.45, 7) is 2.02. The van der Waals surface area contributed by atoms with Gasteiger partial charge in [0.2, 0.25) is 0 Å². The highest BCUT2D eigenvalue weighted by Gasteiger charge is 2.31. The van der Waals surface area contributed by atoms with Gasteiger partial charge in [-0.25, -0.2) is 15.0 Å². The van der Waals surface area contributed by atoms with Crippen LogP contribution in [0.4, 0.5) is 13.2 Å². The summed E-state index contributed by atoms with van der Waals surface area (Å²) in [5, 5.41) is 9.07. The van der Waals surface area contributed by atoms with Crippen LogP contribution in [0, 0.1) is 0 Å². The Labute approximate surface area is 177 Å². The molecule has 0 fully saturated rings. The molecule has 0 atom stereocenters. The molecule has 4 rings (SSSR count). The number of hydrogen-bond acceptors (Lipinski definition) is 8. The number of aromatic nitrogens is 6. The fourth-order valence-corrected chi connectivity index (χ4v) is 4.22. The van der Waals surface area contributed by atoms with Crippen molar-refractivity contribution in [2.24, 2.45) is 0 Å². The first-order valence-corrected chi connectivity index (χ1v) is 10.5. The Bertz CT molecular complexity index is 1160. The Morgan fingerprint density at radius 2 is 1.80 bits per heavy atom. The largest absolute Gasteiger partial charge is 0.417 e. The molecule has 0 aliphatic rings. The van der Waals surface area contributed by atoms with Crippen molar-refractivity contribution in [3.8, 4) is 32.8 Å². The molecule has 0 unspecified atom stereocenters. The third-order valence-corrected chi connectivity index (χ3v) is 5.80. The molecule has 4 aromatic heterocycles. The fraction of sp³-hybridized carbons (Fsp3) is 0.158. The molecule has 30 heavy (non-hydrogen) atoms. The number of alkyl halides is 3. The first-order valence-electron chi connectivity index (χ1n) is 8.73. The summed E-state index contributed by atoms with van der Waals surface area (Å²) < 4.78 is 39.0. The molecule has 0 bridgehead atoms. The van der Waals surface area contributed by atoms with Gasteiger partial charge in [-0.3, -0.25) is 4.98 Å². The van der Waals surface area contributed by atoms with Crippen LogP contribution in [0.3, 0.4) is 0 Å². The van der Waals surface area contributed by atoms with Crippen molar-refractivity contribution in [2.75, 3.05) is 5.75 Å². The molecule has 0 saturated heterocycles. The van der Waals surface area contributed by atoms with E-state index in [1.54, 1.807) is 30.2 Å². The summed E-state index contributed by atoms with van der Waals surface area (Å²) in [5.41, 5.74) is 0.583. The smallest absolute Gasteiger partial charge is 0.263 e. The zero-order valence-electron chi connectivity index (χ0n) is 15.5. The molecular weight excluding hydrogens is 433 g/mol. The maximum atomic E-state index is 13.0. The van der Waals surface area contributed by atoms with E-state index in [2.05, 4.69) is 30.1 Å². The van der Waals surface area contributed by atoms with Gasteiger partial charge in [-0.15, -0.1) is 22.0 Å². The molecular formula is C19H13F3N6S2. The number of rotatable bonds is 5. The van der Waals surface area contributed by atoms with E-state index in [9.17, 15) is 13.2 Å². The Morgan fingerprint density at radius 3 is 2.53 bits per heavy atom. The van der Waals surface area contributed by atoms with Crippen LogP contribution in [0.1, 0.15) is 12.5 Å². The number of halogens is 3. The number of hydrogen-bond donors (Lipinski definition) is 0. The minimum Gasteiger partial charge on any atom is -0.263 e. The van der Waals surface area contributed by atoms with Gasteiger partial charge in [-0.1, -0.05) is 18.3 Å². The zero-order valence-corrected chi connectivity index (χ0v) is 17.1. The van der Waals surface area contributed by atoms with Gasteiger partial charge in [-0.05, 0) is 30.0 Å². The molecule has 6 nitrogen and oxygen atoms in total. The quantitative estimate of drug-likeness (QED) is 0.388. The van der Waals surface area contributed by atoms with E-state index in [4.69, 9.17) is 0 Å². The van der Waals surface area contributed by atoms with Crippen LogP contribution in [0.25, 0.3) is 32.8 Å². The number of pyridine rings is 2. The molecule has 4 heterocycles. The van der Waals surface area contributed by atoms with Crippen LogP contribution >= 0.6 is 23.1 Å². The molecule has 0 aliphatic heterocycles. The fourth-order valence-electron chi connectivity index (χ4n) is 2.57. The second-order valence-corrected chi connectivity index (χ2v) is 8.20. The molecule has 0 amide bonds. The second kappa shape index (κ2) is 8.44. The van der Waals surface area contributed by atoms with E-state index in [0.29, 0.717) is 27.2 Å². The second-order valence-electron chi connectivity index (χ2n) is 5.92. The lowest BCUT2D eigenvalue weighted by atomic mass is 10.2. The lowest BCUT2D eigenvalue weighted by Crippen LogP contribution is -2.05. The van der Waals surface area contributed by atoms with Crippen molar-refractivity contribution < 1.29 is 13.2 Å². The van der Waals surface area contributed by atoms with Crippen molar-refractivity contribution in [1.82, 2.24) is 30.1 Å². The van der Waals surface area contributed by atoms with Crippen LogP contribution in [0.15, 0.2) is 53.9 Å². The lowest BCUT2D eigenvalue weighted by Gasteiger charge is -2.07. The molecule has 0 saturated carbocycles. The standard InChI is InChI=1S/C19H13F3N6S2/c1-2-29-14-5-4-13(16-24-6-3-7-25-16)26-15(14)18-28-27-17(30-18)11-8-12(10-23-9-11)19(20,21)22/h3-10H,2H2,1H3. The third-order valence-electron chi connectivity index (χ3n) is 3.89. The zero-order chi connectivity index (χ0) is 21.1. The van der Waals surface area contributed by atoms with Gasteiger partial charge in [0.1, 0.15) is 16.4 Å².